The summed E-state index contributed by atoms with van der Waals surface area (Å²) < 4.78 is 5.66. The molecule has 0 saturated heterocycles. The average Bonchev–Trinajstić information content (AvgIpc) is 2.38. The van der Waals surface area contributed by atoms with Crippen molar-refractivity contribution in [1.82, 2.24) is 9.97 Å². The zero-order valence-corrected chi connectivity index (χ0v) is 11.6. The molecule has 0 bridgehead atoms. The van der Waals surface area contributed by atoms with Crippen LogP contribution in [-0.2, 0) is 0 Å². The molecule has 0 unspecified atom stereocenters. The third-order valence-corrected chi connectivity index (χ3v) is 2.80. The van der Waals surface area contributed by atoms with Gasteiger partial charge in [0.2, 0.25) is 0 Å². The Labute approximate surface area is 117 Å². The summed E-state index contributed by atoms with van der Waals surface area (Å²) in [6, 6.07) is 9.03. The Kier molecular flexibility index (Phi) is 3.98. The number of rotatable bonds is 4. The van der Waals surface area contributed by atoms with E-state index in [4.69, 9.17) is 9.84 Å². The monoisotopic (exact) mass is 272 g/mol. The Balaban J connectivity index is 2.37. The van der Waals surface area contributed by atoms with Crippen molar-refractivity contribution < 1.29 is 14.6 Å². The lowest BCUT2D eigenvalue weighted by atomic mass is 10.0. The van der Waals surface area contributed by atoms with Gasteiger partial charge in [-0.05, 0) is 30.5 Å². The Morgan fingerprint density at radius 3 is 2.60 bits per heavy atom. The number of para-hydroxylation sites is 1. The van der Waals surface area contributed by atoms with Gasteiger partial charge in [-0.1, -0.05) is 32.0 Å². The fourth-order valence-corrected chi connectivity index (χ4v) is 1.85. The van der Waals surface area contributed by atoms with Gasteiger partial charge in [0.05, 0.1) is 0 Å². The predicted molar refractivity (Wildman–Crippen MR) is 74.3 cm³/mol. The van der Waals surface area contributed by atoms with Crippen LogP contribution >= 0.6 is 0 Å². The summed E-state index contributed by atoms with van der Waals surface area (Å²) in [5.74, 6) is -0.170. The Morgan fingerprint density at radius 2 is 1.95 bits per heavy atom. The van der Waals surface area contributed by atoms with E-state index in [-0.39, 0.29) is 17.6 Å². The Hall–Kier alpha value is -2.43. The fourth-order valence-electron chi connectivity index (χ4n) is 1.85. The van der Waals surface area contributed by atoms with Gasteiger partial charge in [-0.25, -0.2) is 9.78 Å². The highest BCUT2D eigenvalue weighted by Crippen LogP contribution is 2.28. The summed E-state index contributed by atoms with van der Waals surface area (Å²) >= 11 is 0. The lowest BCUT2D eigenvalue weighted by Gasteiger charge is -2.12. The van der Waals surface area contributed by atoms with E-state index < -0.39 is 5.97 Å². The molecule has 0 aliphatic rings. The second-order valence-corrected chi connectivity index (χ2v) is 4.78. The second kappa shape index (κ2) is 5.69. The van der Waals surface area contributed by atoms with Crippen LogP contribution in [0, 0.1) is 6.92 Å². The molecule has 2 rings (SSSR count). The molecule has 0 amide bonds. The van der Waals surface area contributed by atoms with Gasteiger partial charge < -0.3 is 9.84 Å². The van der Waals surface area contributed by atoms with Crippen molar-refractivity contribution in [2.75, 3.05) is 0 Å². The van der Waals surface area contributed by atoms with Crippen molar-refractivity contribution in [3.63, 3.8) is 0 Å². The molecule has 0 aliphatic carbocycles. The fraction of sp³-hybridized carbons (Fsp3) is 0.267. The number of aromatic nitrogens is 2. The minimum atomic E-state index is -1.10. The number of carboxylic acids is 1. The van der Waals surface area contributed by atoms with E-state index >= 15 is 0 Å². The second-order valence-electron chi connectivity index (χ2n) is 4.78. The summed E-state index contributed by atoms with van der Waals surface area (Å²) in [5, 5.41) is 9.00. The first-order valence-electron chi connectivity index (χ1n) is 6.33. The van der Waals surface area contributed by atoms with Crippen molar-refractivity contribution in [3.8, 4) is 11.8 Å². The van der Waals surface area contributed by atoms with Crippen LogP contribution in [0.25, 0.3) is 0 Å². The largest absolute Gasteiger partial charge is 0.477 e. The van der Waals surface area contributed by atoms with Crippen LogP contribution < -0.4 is 4.74 Å². The number of nitrogens with zero attached hydrogens (tertiary/aromatic N) is 2. The van der Waals surface area contributed by atoms with Crippen molar-refractivity contribution in [2.45, 2.75) is 26.7 Å². The predicted octanol–water partition coefficient (Wildman–Crippen LogP) is 3.40. The van der Waals surface area contributed by atoms with Crippen molar-refractivity contribution in [1.29, 1.82) is 0 Å². The van der Waals surface area contributed by atoms with Gasteiger partial charge in [0, 0.05) is 5.69 Å². The van der Waals surface area contributed by atoms with Gasteiger partial charge in [-0.2, -0.15) is 4.98 Å². The first-order valence-corrected chi connectivity index (χ1v) is 6.33. The molecule has 2 aromatic rings. The van der Waals surface area contributed by atoms with Crippen molar-refractivity contribution in [3.05, 3.63) is 47.3 Å². The number of aryl methyl sites for hydroxylation is 1. The van der Waals surface area contributed by atoms with Crippen LogP contribution in [0.5, 0.6) is 11.8 Å². The number of carbonyl (C=O) groups is 1. The van der Waals surface area contributed by atoms with Crippen LogP contribution in [-0.4, -0.2) is 21.0 Å². The van der Waals surface area contributed by atoms with E-state index in [2.05, 4.69) is 23.8 Å². The third-order valence-electron chi connectivity index (χ3n) is 2.80. The molecule has 0 radical (unpaired) electrons. The maximum atomic E-state index is 11.0. The highest BCUT2D eigenvalue weighted by Gasteiger charge is 2.13. The normalized spacial score (nSPS) is 10.6. The van der Waals surface area contributed by atoms with Gasteiger partial charge in [0.1, 0.15) is 5.75 Å². The highest BCUT2D eigenvalue weighted by atomic mass is 16.5. The molecule has 104 valence electrons. The van der Waals surface area contributed by atoms with Crippen LogP contribution in [0.15, 0.2) is 30.3 Å². The van der Waals surface area contributed by atoms with Gasteiger partial charge in [0.25, 0.3) is 0 Å². The van der Waals surface area contributed by atoms with Gasteiger partial charge in [-0.15, -0.1) is 0 Å². The molecule has 5 nitrogen and oxygen atoms in total. The number of ether oxygens (including phenoxy) is 1. The maximum absolute atomic E-state index is 11.0. The molecule has 0 aliphatic heterocycles. The zero-order valence-electron chi connectivity index (χ0n) is 11.6. The average molecular weight is 272 g/mol. The standard InChI is InChI=1S/C15H16N2O3/c1-9(2)11-6-4-5-7-13(11)20-15-16-10(3)8-12(17-15)14(18)19/h4-9H,1-3H3,(H,18,19). The first kappa shape index (κ1) is 14.0. The molecule has 20 heavy (non-hydrogen) atoms. The van der Waals surface area contributed by atoms with Crippen LogP contribution in [0.4, 0.5) is 0 Å². The third kappa shape index (κ3) is 3.12. The minimum absolute atomic E-state index is 0.0514. The highest BCUT2D eigenvalue weighted by molar-refractivity contribution is 5.85. The molecule has 1 aromatic carbocycles. The summed E-state index contributed by atoms with van der Waals surface area (Å²) in [6.45, 7) is 5.82. The van der Waals surface area contributed by atoms with Crippen LogP contribution in [0.1, 0.15) is 41.5 Å². The van der Waals surface area contributed by atoms with E-state index in [9.17, 15) is 4.79 Å². The van der Waals surface area contributed by atoms with Crippen LogP contribution in [0.3, 0.4) is 0 Å². The molecule has 1 aromatic heterocycles. The van der Waals surface area contributed by atoms with E-state index in [1.54, 1.807) is 6.92 Å². The molecular weight excluding hydrogens is 256 g/mol. The molecule has 0 fully saturated rings. The SMILES string of the molecule is Cc1cc(C(=O)O)nc(Oc2ccccc2C(C)C)n1. The quantitative estimate of drug-likeness (QED) is 0.923. The Morgan fingerprint density at radius 1 is 1.25 bits per heavy atom. The minimum Gasteiger partial charge on any atom is -0.477 e. The number of hydrogen-bond donors (Lipinski definition) is 1. The molecule has 0 saturated carbocycles. The summed E-state index contributed by atoms with van der Waals surface area (Å²) in [4.78, 5) is 19.0. The van der Waals surface area contributed by atoms with E-state index in [1.165, 1.54) is 6.07 Å². The van der Waals surface area contributed by atoms with Crippen molar-refractivity contribution >= 4 is 5.97 Å². The first-order chi connectivity index (χ1) is 9.47. The van der Waals surface area contributed by atoms with Crippen LogP contribution in [0.2, 0.25) is 0 Å². The molecular formula is C15H16N2O3. The number of aromatic carboxylic acids is 1. The number of hydrogen-bond acceptors (Lipinski definition) is 4. The lowest BCUT2D eigenvalue weighted by molar-refractivity contribution is 0.0689. The molecule has 0 spiro atoms. The lowest BCUT2D eigenvalue weighted by Crippen LogP contribution is -2.05. The van der Waals surface area contributed by atoms with Gasteiger partial charge >= 0.3 is 12.0 Å². The van der Waals surface area contributed by atoms with Gasteiger partial charge in [0.15, 0.2) is 5.69 Å². The molecule has 1 heterocycles. The summed E-state index contributed by atoms with van der Waals surface area (Å²) in [6.07, 6.45) is 0. The topological polar surface area (TPSA) is 72.3 Å². The molecule has 0 atom stereocenters. The number of carboxylic acid groups (broad SMARTS) is 1. The van der Waals surface area contributed by atoms with Gasteiger partial charge in [-0.3, -0.25) is 0 Å². The Bertz CT molecular complexity index is 639. The molecule has 1 N–H and O–H groups in total. The van der Waals surface area contributed by atoms with E-state index in [1.807, 2.05) is 24.3 Å². The smallest absolute Gasteiger partial charge is 0.354 e. The maximum Gasteiger partial charge on any atom is 0.354 e. The van der Waals surface area contributed by atoms with E-state index in [0.29, 0.717) is 11.4 Å². The molecule has 5 heteroatoms. The summed E-state index contributed by atoms with van der Waals surface area (Å²) in [7, 11) is 0. The van der Waals surface area contributed by atoms with E-state index in [0.717, 1.165) is 5.56 Å². The number of benzene rings is 1. The van der Waals surface area contributed by atoms with Crippen molar-refractivity contribution in [2.24, 2.45) is 0 Å². The summed E-state index contributed by atoms with van der Waals surface area (Å²) in [5.41, 5.74) is 1.50. The zero-order chi connectivity index (χ0) is 14.7.